The molecule has 118 valence electrons. The molecule has 0 aliphatic rings. The van der Waals surface area contributed by atoms with Crippen LogP contribution in [0.4, 0.5) is 0 Å². The number of allylic oxidation sites excluding steroid dienone is 1. The van der Waals surface area contributed by atoms with Gasteiger partial charge in [0, 0.05) is 5.56 Å². The van der Waals surface area contributed by atoms with Crippen LogP contribution in [-0.4, -0.2) is 10.1 Å². The molecule has 0 aliphatic carbocycles. The summed E-state index contributed by atoms with van der Waals surface area (Å²) in [5.74, 6) is 0.583. The van der Waals surface area contributed by atoms with Crippen molar-refractivity contribution in [3.05, 3.63) is 69.5 Å². The molecule has 0 atom stereocenters. The molecule has 0 saturated carbocycles. The largest absolute Gasteiger partial charge is 0.333 e. The predicted molar refractivity (Wildman–Crippen MR) is 94.4 cm³/mol. The van der Waals surface area contributed by atoms with Crippen LogP contribution in [0, 0.1) is 18.3 Å². The number of aromatic nitrogens is 2. The minimum absolute atomic E-state index is 0.152. The Morgan fingerprint density at radius 1 is 1.12 bits per heavy atom. The first-order valence-corrected chi connectivity index (χ1v) is 7.80. The van der Waals surface area contributed by atoms with Crippen LogP contribution in [0.3, 0.4) is 0 Å². The summed E-state index contributed by atoms with van der Waals surface area (Å²) < 4.78 is 5.22. The Labute approximate surface area is 148 Å². The second kappa shape index (κ2) is 6.88. The topological polar surface area (TPSA) is 62.7 Å². The van der Waals surface area contributed by atoms with Crippen molar-refractivity contribution < 1.29 is 4.52 Å². The van der Waals surface area contributed by atoms with Crippen LogP contribution in [0.25, 0.3) is 23.0 Å². The van der Waals surface area contributed by atoms with E-state index < -0.39 is 0 Å². The standard InChI is InChI=1S/C18H11Cl2N3O/c1-11-2-5-13(6-3-11)17-22-18(24-23-17)14(10-21)8-12-4-7-15(19)16(20)9-12/h2-9H,1H3/b14-8+. The molecule has 0 radical (unpaired) electrons. The highest BCUT2D eigenvalue weighted by Crippen LogP contribution is 2.26. The van der Waals surface area contributed by atoms with E-state index in [2.05, 4.69) is 16.2 Å². The third-order valence-electron chi connectivity index (χ3n) is 3.34. The molecule has 24 heavy (non-hydrogen) atoms. The summed E-state index contributed by atoms with van der Waals surface area (Å²) in [7, 11) is 0. The molecule has 0 fully saturated rings. The normalized spacial score (nSPS) is 11.3. The zero-order valence-electron chi connectivity index (χ0n) is 12.6. The van der Waals surface area contributed by atoms with Crippen molar-refractivity contribution >= 4 is 34.9 Å². The number of aryl methyl sites for hydroxylation is 1. The van der Waals surface area contributed by atoms with E-state index in [9.17, 15) is 5.26 Å². The van der Waals surface area contributed by atoms with Gasteiger partial charge in [0.15, 0.2) is 0 Å². The maximum Gasteiger partial charge on any atom is 0.268 e. The maximum absolute atomic E-state index is 9.38. The van der Waals surface area contributed by atoms with E-state index in [0.717, 1.165) is 16.7 Å². The summed E-state index contributed by atoms with van der Waals surface area (Å²) in [6.45, 7) is 2.00. The summed E-state index contributed by atoms with van der Waals surface area (Å²) in [6, 6.07) is 14.9. The Morgan fingerprint density at radius 3 is 2.54 bits per heavy atom. The summed E-state index contributed by atoms with van der Waals surface area (Å²) in [5, 5.41) is 14.2. The lowest BCUT2D eigenvalue weighted by molar-refractivity contribution is 0.409. The van der Waals surface area contributed by atoms with Crippen molar-refractivity contribution in [2.75, 3.05) is 0 Å². The Bertz CT molecular complexity index is 953. The van der Waals surface area contributed by atoms with E-state index in [1.165, 1.54) is 0 Å². The highest BCUT2D eigenvalue weighted by molar-refractivity contribution is 6.42. The van der Waals surface area contributed by atoms with Crippen LogP contribution in [0.5, 0.6) is 0 Å². The SMILES string of the molecule is Cc1ccc(-c2noc(/C(C#N)=C/c3ccc(Cl)c(Cl)c3)n2)cc1. The van der Waals surface area contributed by atoms with E-state index >= 15 is 0 Å². The smallest absolute Gasteiger partial charge is 0.268 e. The van der Waals surface area contributed by atoms with E-state index in [1.807, 2.05) is 31.2 Å². The van der Waals surface area contributed by atoms with Gasteiger partial charge in [0.2, 0.25) is 5.82 Å². The first kappa shape index (κ1) is 16.3. The predicted octanol–water partition coefficient (Wildman–Crippen LogP) is 5.42. The lowest BCUT2D eigenvalue weighted by Gasteiger charge is -1.98. The fraction of sp³-hybridized carbons (Fsp3) is 0.0556. The van der Waals surface area contributed by atoms with Crippen molar-refractivity contribution in [1.29, 1.82) is 5.26 Å². The Morgan fingerprint density at radius 2 is 1.88 bits per heavy atom. The zero-order chi connectivity index (χ0) is 17.1. The number of benzene rings is 2. The molecule has 0 spiro atoms. The van der Waals surface area contributed by atoms with Crippen LogP contribution in [0.2, 0.25) is 10.0 Å². The molecule has 0 aliphatic heterocycles. The first-order valence-electron chi connectivity index (χ1n) is 7.05. The third-order valence-corrected chi connectivity index (χ3v) is 4.08. The van der Waals surface area contributed by atoms with Crippen LogP contribution in [-0.2, 0) is 0 Å². The van der Waals surface area contributed by atoms with Gasteiger partial charge in [-0.3, -0.25) is 0 Å². The van der Waals surface area contributed by atoms with Gasteiger partial charge in [-0.25, -0.2) is 0 Å². The lowest BCUT2D eigenvalue weighted by atomic mass is 10.1. The van der Waals surface area contributed by atoms with E-state index in [0.29, 0.717) is 15.9 Å². The molecule has 6 heteroatoms. The van der Waals surface area contributed by atoms with Crippen molar-refractivity contribution in [1.82, 2.24) is 10.1 Å². The highest BCUT2D eigenvalue weighted by Gasteiger charge is 2.13. The molecule has 1 aromatic heterocycles. The molecule has 1 heterocycles. The van der Waals surface area contributed by atoms with E-state index in [4.69, 9.17) is 27.7 Å². The molecular formula is C18H11Cl2N3O. The molecule has 0 N–H and O–H groups in total. The van der Waals surface area contributed by atoms with Gasteiger partial charge in [-0.1, -0.05) is 64.3 Å². The molecule has 0 amide bonds. The molecule has 0 unspecified atom stereocenters. The molecule has 3 rings (SSSR count). The molecule has 4 nitrogen and oxygen atoms in total. The second-order valence-electron chi connectivity index (χ2n) is 5.13. The average Bonchev–Trinajstić information content (AvgIpc) is 3.06. The Kier molecular flexibility index (Phi) is 4.66. The molecule has 0 saturated heterocycles. The van der Waals surface area contributed by atoms with Crippen molar-refractivity contribution in [3.8, 4) is 17.5 Å². The number of nitrogens with zero attached hydrogens (tertiary/aromatic N) is 3. The van der Waals surface area contributed by atoms with Gasteiger partial charge >= 0.3 is 0 Å². The fourth-order valence-corrected chi connectivity index (χ4v) is 2.37. The van der Waals surface area contributed by atoms with Gasteiger partial charge < -0.3 is 4.52 Å². The minimum Gasteiger partial charge on any atom is -0.333 e. The monoisotopic (exact) mass is 355 g/mol. The molecule has 0 bridgehead atoms. The summed E-state index contributed by atoms with van der Waals surface area (Å²) in [6.07, 6.45) is 1.62. The number of hydrogen-bond acceptors (Lipinski definition) is 4. The van der Waals surface area contributed by atoms with Crippen LogP contribution < -0.4 is 0 Å². The van der Waals surface area contributed by atoms with Crippen LogP contribution in [0.15, 0.2) is 47.0 Å². The van der Waals surface area contributed by atoms with E-state index in [-0.39, 0.29) is 11.5 Å². The zero-order valence-corrected chi connectivity index (χ0v) is 14.1. The van der Waals surface area contributed by atoms with Crippen LogP contribution >= 0.6 is 23.2 Å². The Balaban J connectivity index is 1.94. The minimum atomic E-state index is 0.152. The first-order chi connectivity index (χ1) is 11.6. The number of hydrogen-bond donors (Lipinski definition) is 0. The second-order valence-corrected chi connectivity index (χ2v) is 5.95. The quantitative estimate of drug-likeness (QED) is 0.588. The fourth-order valence-electron chi connectivity index (χ4n) is 2.06. The van der Waals surface area contributed by atoms with Gasteiger partial charge in [-0.2, -0.15) is 10.2 Å². The number of halogens is 2. The van der Waals surface area contributed by atoms with Crippen molar-refractivity contribution in [2.45, 2.75) is 6.92 Å². The molecule has 2 aromatic carbocycles. The Hall–Kier alpha value is -2.61. The van der Waals surface area contributed by atoms with Gasteiger partial charge in [0.05, 0.1) is 10.0 Å². The highest BCUT2D eigenvalue weighted by atomic mass is 35.5. The number of nitriles is 1. The maximum atomic E-state index is 9.38. The van der Waals surface area contributed by atoms with Crippen molar-refractivity contribution in [3.63, 3.8) is 0 Å². The van der Waals surface area contributed by atoms with Crippen molar-refractivity contribution in [2.24, 2.45) is 0 Å². The van der Waals surface area contributed by atoms with Gasteiger partial charge in [-0.05, 0) is 30.7 Å². The lowest BCUT2D eigenvalue weighted by Crippen LogP contribution is -1.84. The average molecular weight is 356 g/mol. The van der Waals surface area contributed by atoms with Crippen LogP contribution in [0.1, 0.15) is 17.0 Å². The van der Waals surface area contributed by atoms with Gasteiger partial charge in [-0.15, -0.1) is 0 Å². The summed E-state index contributed by atoms with van der Waals surface area (Å²) >= 11 is 11.9. The third kappa shape index (κ3) is 3.48. The summed E-state index contributed by atoms with van der Waals surface area (Å²) in [5.41, 5.74) is 2.93. The van der Waals surface area contributed by atoms with E-state index in [1.54, 1.807) is 24.3 Å². The number of rotatable bonds is 3. The summed E-state index contributed by atoms with van der Waals surface area (Å²) in [4.78, 5) is 4.29. The molecule has 3 aromatic rings. The van der Waals surface area contributed by atoms with Gasteiger partial charge in [0.1, 0.15) is 11.6 Å². The van der Waals surface area contributed by atoms with Gasteiger partial charge in [0.25, 0.3) is 5.89 Å². The molecular weight excluding hydrogens is 345 g/mol.